The summed E-state index contributed by atoms with van der Waals surface area (Å²) in [5.41, 5.74) is 10.6. The van der Waals surface area contributed by atoms with Crippen molar-refractivity contribution in [3.8, 4) is 0 Å². The Morgan fingerprint density at radius 2 is 1.21 bits per heavy atom. The van der Waals surface area contributed by atoms with Gasteiger partial charge in [0.05, 0.1) is 22.8 Å². The van der Waals surface area contributed by atoms with Gasteiger partial charge >= 0.3 is 0 Å². The topological polar surface area (TPSA) is 24.7 Å². The summed E-state index contributed by atoms with van der Waals surface area (Å²) in [5.74, 6) is 1.96. The number of benzene rings is 1. The first kappa shape index (κ1) is 30.6. The molecule has 0 radical (unpaired) electrons. The Bertz CT molecular complexity index is 916. The first-order valence-electron chi connectivity index (χ1n) is 12.9. The second-order valence-electron chi connectivity index (χ2n) is 10.8. The number of nitrogens with zero attached hydrogens (tertiary/aromatic N) is 2. The van der Waals surface area contributed by atoms with E-state index in [1.54, 1.807) is 0 Å². The van der Waals surface area contributed by atoms with Crippen LogP contribution in [0.1, 0.15) is 117 Å². The van der Waals surface area contributed by atoms with Crippen molar-refractivity contribution in [3.05, 3.63) is 59.7 Å². The predicted octanol–water partition coefficient (Wildman–Crippen LogP) is 9.75. The SMILES string of the molecule is CC(C)C1=CCCC(C(C)C)=C1N=C1CCCCC1=Nc1c(C(C)C)cccc1C(C)C.[CH3-].[Ni]. The van der Waals surface area contributed by atoms with Crippen molar-refractivity contribution in [2.75, 3.05) is 0 Å². The molecule has 0 bridgehead atoms. The Morgan fingerprint density at radius 1 is 0.676 bits per heavy atom. The molecule has 0 heterocycles. The van der Waals surface area contributed by atoms with E-state index in [2.05, 4.69) is 79.7 Å². The molecule has 2 nitrogen and oxygen atoms in total. The van der Waals surface area contributed by atoms with Crippen molar-refractivity contribution in [2.45, 2.75) is 106 Å². The number of aliphatic imine (C=N–C) groups is 2. The molecule has 0 aromatic heterocycles. The van der Waals surface area contributed by atoms with Crippen LogP contribution in [0.4, 0.5) is 5.69 Å². The minimum absolute atomic E-state index is 0. The molecule has 192 valence electrons. The standard InChI is InChI=1S/C30H44N2.CH3.Ni/c1-19(2)23-13-11-14-24(20(3)4)29(23)31-27-17-9-10-18-28(27)32-30-25(21(5)6)15-12-16-26(30)22(7)8;;/h11,13-15,19-22H,9-10,12,16-18H2,1-8H3;1H3;/q;-1;. The van der Waals surface area contributed by atoms with E-state index in [-0.39, 0.29) is 23.9 Å². The van der Waals surface area contributed by atoms with E-state index in [9.17, 15) is 0 Å². The Kier molecular flexibility index (Phi) is 12.2. The maximum Gasteiger partial charge on any atom is 0.0702 e. The molecule has 2 aliphatic carbocycles. The van der Waals surface area contributed by atoms with Crippen LogP contribution >= 0.6 is 0 Å². The summed E-state index contributed by atoms with van der Waals surface area (Å²) in [7, 11) is 0. The van der Waals surface area contributed by atoms with E-state index < -0.39 is 0 Å². The van der Waals surface area contributed by atoms with Gasteiger partial charge in [0.15, 0.2) is 0 Å². The van der Waals surface area contributed by atoms with Crippen LogP contribution < -0.4 is 0 Å². The van der Waals surface area contributed by atoms with E-state index >= 15 is 0 Å². The minimum atomic E-state index is 0. The van der Waals surface area contributed by atoms with Crippen LogP contribution in [0.3, 0.4) is 0 Å². The average Bonchev–Trinajstić information content (AvgIpc) is 2.74. The van der Waals surface area contributed by atoms with Crippen LogP contribution in [0.25, 0.3) is 0 Å². The zero-order valence-electron chi connectivity index (χ0n) is 23.1. The Labute approximate surface area is 220 Å². The van der Waals surface area contributed by atoms with Crippen LogP contribution in [0.5, 0.6) is 0 Å². The fraction of sp³-hybridized carbons (Fsp3) is 0.581. The number of hydrogen-bond acceptors (Lipinski definition) is 2. The molecule has 0 unspecified atom stereocenters. The van der Waals surface area contributed by atoms with Gasteiger partial charge in [-0.2, -0.15) is 0 Å². The molecule has 0 amide bonds. The Balaban J connectivity index is 0.00000289. The predicted molar refractivity (Wildman–Crippen MR) is 148 cm³/mol. The van der Waals surface area contributed by atoms with Gasteiger partial charge in [0.25, 0.3) is 0 Å². The van der Waals surface area contributed by atoms with Crippen LogP contribution in [0.2, 0.25) is 0 Å². The van der Waals surface area contributed by atoms with Gasteiger partial charge in [0.1, 0.15) is 0 Å². The van der Waals surface area contributed by atoms with Gasteiger partial charge in [-0.05, 0) is 84.5 Å². The molecule has 0 aliphatic heterocycles. The van der Waals surface area contributed by atoms with Crippen molar-refractivity contribution in [2.24, 2.45) is 21.8 Å². The van der Waals surface area contributed by atoms with Gasteiger partial charge in [0, 0.05) is 16.5 Å². The molecule has 2 aliphatic rings. The van der Waals surface area contributed by atoms with Crippen molar-refractivity contribution < 1.29 is 16.5 Å². The Morgan fingerprint density at radius 3 is 1.68 bits per heavy atom. The third kappa shape index (κ3) is 7.03. The minimum Gasteiger partial charge on any atom is -0.358 e. The first-order chi connectivity index (χ1) is 15.2. The van der Waals surface area contributed by atoms with E-state index in [1.807, 2.05) is 0 Å². The van der Waals surface area contributed by atoms with Gasteiger partial charge in [0.2, 0.25) is 0 Å². The summed E-state index contributed by atoms with van der Waals surface area (Å²) >= 11 is 0. The number of para-hydroxylation sites is 1. The van der Waals surface area contributed by atoms with Crippen molar-refractivity contribution in [1.82, 2.24) is 0 Å². The third-order valence-electron chi connectivity index (χ3n) is 6.92. The van der Waals surface area contributed by atoms with E-state index in [0.717, 1.165) is 25.7 Å². The summed E-state index contributed by atoms with van der Waals surface area (Å²) in [6, 6.07) is 6.72. The van der Waals surface area contributed by atoms with E-state index in [0.29, 0.717) is 23.7 Å². The largest absolute Gasteiger partial charge is 0.358 e. The molecule has 34 heavy (non-hydrogen) atoms. The fourth-order valence-electron chi connectivity index (χ4n) is 5.02. The quantitative estimate of drug-likeness (QED) is 0.271. The van der Waals surface area contributed by atoms with Crippen LogP contribution in [0, 0.1) is 19.3 Å². The van der Waals surface area contributed by atoms with Crippen molar-refractivity contribution in [3.63, 3.8) is 0 Å². The monoisotopic (exact) mass is 505 g/mol. The number of allylic oxidation sites excluding steroid dienone is 3. The molecule has 3 rings (SSSR count). The van der Waals surface area contributed by atoms with Gasteiger partial charge in [-0.3, -0.25) is 9.98 Å². The summed E-state index contributed by atoms with van der Waals surface area (Å²) in [6.07, 6.45) is 9.22. The summed E-state index contributed by atoms with van der Waals surface area (Å²) in [6.45, 7) is 18.4. The fourth-order valence-corrected chi connectivity index (χ4v) is 5.02. The average molecular weight is 506 g/mol. The summed E-state index contributed by atoms with van der Waals surface area (Å²) in [4.78, 5) is 10.8. The molecule has 1 aromatic rings. The number of rotatable bonds is 6. The molecule has 3 heteroatoms. The normalized spacial score (nSPS) is 19.2. The van der Waals surface area contributed by atoms with E-state index in [4.69, 9.17) is 9.98 Å². The molecular weight excluding hydrogens is 459 g/mol. The van der Waals surface area contributed by atoms with Crippen LogP contribution in [-0.4, -0.2) is 11.4 Å². The molecule has 0 spiro atoms. The molecule has 1 fully saturated rings. The van der Waals surface area contributed by atoms with Crippen LogP contribution in [0.15, 0.2) is 51.1 Å². The molecule has 1 aromatic carbocycles. The third-order valence-corrected chi connectivity index (χ3v) is 6.92. The summed E-state index contributed by atoms with van der Waals surface area (Å²) in [5, 5.41) is 0. The van der Waals surface area contributed by atoms with Gasteiger partial charge in [-0.1, -0.05) is 79.7 Å². The smallest absolute Gasteiger partial charge is 0.0702 e. The maximum atomic E-state index is 5.42. The Hall–Kier alpha value is -1.47. The molecule has 0 atom stereocenters. The second kappa shape index (κ2) is 13.6. The second-order valence-corrected chi connectivity index (χ2v) is 10.8. The van der Waals surface area contributed by atoms with Crippen molar-refractivity contribution in [1.29, 1.82) is 0 Å². The van der Waals surface area contributed by atoms with Crippen molar-refractivity contribution >= 4 is 17.1 Å². The summed E-state index contributed by atoms with van der Waals surface area (Å²) < 4.78 is 0. The van der Waals surface area contributed by atoms with Gasteiger partial charge in [-0.25, -0.2) is 0 Å². The van der Waals surface area contributed by atoms with Crippen LogP contribution in [-0.2, 0) is 16.5 Å². The zero-order valence-corrected chi connectivity index (χ0v) is 24.1. The first-order valence-corrected chi connectivity index (χ1v) is 12.9. The number of hydrogen-bond donors (Lipinski definition) is 0. The van der Waals surface area contributed by atoms with Gasteiger partial charge < -0.3 is 7.43 Å². The molecule has 0 N–H and O–H groups in total. The maximum absolute atomic E-state index is 5.42. The van der Waals surface area contributed by atoms with Gasteiger partial charge in [-0.15, -0.1) is 0 Å². The molecular formula is C31H47N2Ni-. The van der Waals surface area contributed by atoms with E-state index in [1.165, 1.54) is 57.9 Å². The molecule has 1 saturated carbocycles. The molecule has 0 saturated heterocycles. The zero-order chi connectivity index (χ0) is 23.4.